The first-order valence-electron chi connectivity index (χ1n) is 6.09. The molecular formula is C13H13ClN4S. The molecule has 98 valence electrons. The van der Waals surface area contributed by atoms with Crippen molar-refractivity contribution in [1.82, 2.24) is 19.3 Å². The van der Waals surface area contributed by atoms with Gasteiger partial charge in [0, 0.05) is 30.5 Å². The van der Waals surface area contributed by atoms with Crippen LogP contribution in [0.2, 0.25) is 5.02 Å². The Balaban J connectivity index is 1.82. The van der Waals surface area contributed by atoms with Crippen LogP contribution in [0.3, 0.4) is 0 Å². The number of hydrogen-bond acceptors (Lipinski definition) is 2. The van der Waals surface area contributed by atoms with Gasteiger partial charge in [-0.3, -0.25) is 4.68 Å². The van der Waals surface area contributed by atoms with Crippen LogP contribution in [0.5, 0.6) is 0 Å². The van der Waals surface area contributed by atoms with Crippen LogP contribution < -0.4 is 0 Å². The lowest BCUT2D eigenvalue weighted by Gasteiger charge is -2.05. The Bertz CT molecular complexity index is 742. The quantitative estimate of drug-likeness (QED) is 0.746. The number of nitrogens with zero attached hydrogens (tertiary/aromatic N) is 3. The van der Waals surface area contributed by atoms with Crippen LogP contribution in [0.15, 0.2) is 36.7 Å². The standard InChI is InChI=1S/C13H13ClN4S/c14-10-3-4-11-12(9-10)18(13(19)16-11)8-2-7-17-6-1-5-15-17/h1,3-6,9H,2,7-8H2,(H,16,19). The minimum Gasteiger partial charge on any atom is -0.331 e. The van der Waals surface area contributed by atoms with Gasteiger partial charge in [0.2, 0.25) is 0 Å². The molecule has 6 heteroatoms. The molecule has 0 aliphatic rings. The molecule has 0 fully saturated rings. The van der Waals surface area contributed by atoms with Crippen molar-refractivity contribution in [2.75, 3.05) is 0 Å². The second kappa shape index (κ2) is 5.19. The third-order valence-corrected chi connectivity index (χ3v) is 3.62. The molecule has 19 heavy (non-hydrogen) atoms. The SMILES string of the molecule is S=c1[nH]c2ccc(Cl)cc2n1CCCn1cccn1. The van der Waals surface area contributed by atoms with Crippen molar-refractivity contribution in [3.05, 3.63) is 46.5 Å². The summed E-state index contributed by atoms with van der Waals surface area (Å²) < 4.78 is 4.74. The maximum Gasteiger partial charge on any atom is 0.178 e. The number of nitrogens with one attached hydrogen (secondary N) is 1. The molecule has 1 aromatic carbocycles. The third-order valence-electron chi connectivity index (χ3n) is 3.07. The van der Waals surface area contributed by atoms with Gasteiger partial charge < -0.3 is 9.55 Å². The lowest BCUT2D eigenvalue weighted by molar-refractivity contribution is 0.530. The monoisotopic (exact) mass is 292 g/mol. The number of aryl methyl sites for hydroxylation is 2. The van der Waals surface area contributed by atoms with E-state index in [-0.39, 0.29) is 0 Å². The highest BCUT2D eigenvalue weighted by Gasteiger charge is 2.04. The van der Waals surface area contributed by atoms with Gasteiger partial charge in [-0.15, -0.1) is 0 Å². The molecule has 3 rings (SSSR count). The summed E-state index contributed by atoms with van der Waals surface area (Å²) in [6.45, 7) is 1.72. The number of imidazole rings is 1. The van der Waals surface area contributed by atoms with Gasteiger partial charge >= 0.3 is 0 Å². The van der Waals surface area contributed by atoms with Gasteiger partial charge in [-0.05, 0) is 42.9 Å². The molecule has 0 saturated carbocycles. The van der Waals surface area contributed by atoms with Crippen molar-refractivity contribution in [3.63, 3.8) is 0 Å². The minimum absolute atomic E-state index is 0.724. The van der Waals surface area contributed by atoms with Gasteiger partial charge in [-0.2, -0.15) is 5.10 Å². The van der Waals surface area contributed by atoms with Crippen molar-refractivity contribution in [1.29, 1.82) is 0 Å². The minimum atomic E-state index is 0.724. The number of H-pyrrole nitrogens is 1. The highest BCUT2D eigenvalue weighted by molar-refractivity contribution is 7.71. The van der Waals surface area contributed by atoms with E-state index in [1.807, 2.05) is 35.1 Å². The van der Waals surface area contributed by atoms with Gasteiger partial charge in [-0.1, -0.05) is 11.6 Å². The zero-order chi connectivity index (χ0) is 13.2. The number of benzene rings is 1. The smallest absolute Gasteiger partial charge is 0.178 e. The van der Waals surface area contributed by atoms with Crippen molar-refractivity contribution < 1.29 is 0 Å². The van der Waals surface area contributed by atoms with Crippen molar-refractivity contribution in [2.45, 2.75) is 19.5 Å². The van der Waals surface area contributed by atoms with Crippen molar-refractivity contribution in [2.24, 2.45) is 0 Å². The van der Waals surface area contributed by atoms with Crippen LogP contribution in [0.4, 0.5) is 0 Å². The maximum absolute atomic E-state index is 6.04. The highest BCUT2D eigenvalue weighted by Crippen LogP contribution is 2.19. The summed E-state index contributed by atoms with van der Waals surface area (Å²) in [6, 6.07) is 7.69. The number of aromatic nitrogens is 4. The first-order valence-corrected chi connectivity index (χ1v) is 6.88. The van der Waals surface area contributed by atoms with Crippen molar-refractivity contribution >= 4 is 34.9 Å². The fourth-order valence-electron chi connectivity index (χ4n) is 2.17. The van der Waals surface area contributed by atoms with Crippen LogP contribution in [-0.4, -0.2) is 19.3 Å². The van der Waals surface area contributed by atoms with E-state index in [0.29, 0.717) is 0 Å². The number of rotatable bonds is 4. The van der Waals surface area contributed by atoms with E-state index in [1.54, 1.807) is 6.20 Å². The fraction of sp³-hybridized carbons (Fsp3) is 0.231. The molecule has 0 aliphatic heterocycles. The number of fused-ring (bicyclic) bond motifs is 1. The lowest BCUT2D eigenvalue weighted by atomic mass is 10.3. The molecular weight excluding hydrogens is 280 g/mol. The van der Waals surface area contributed by atoms with E-state index >= 15 is 0 Å². The van der Waals surface area contributed by atoms with Gasteiger partial charge in [0.05, 0.1) is 11.0 Å². The Morgan fingerprint density at radius 2 is 2.21 bits per heavy atom. The van der Waals surface area contributed by atoms with Crippen LogP contribution in [-0.2, 0) is 13.1 Å². The summed E-state index contributed by atoms with van der Waals surface area (Å²) in [5.74, 6) is 0. The normalized spacial score (nSPS) is 11.2. The van der Waals surface area contributed by atoms with E-state index in [0.717, 1.165) is 40.3 Å². The third kappa shape index (κ3) is 2.57. The van der Waals surface area contributed by atoms with Crippen LogP contribution in [0, 0.1) is 4.77 Å². The molecule has 0 aliphatic carbocycles. The van der Waals surface area contributed by atoms with E-state index < -0.39 is 0 Å². The van der Waals surface area contributed by atoms with E-state index in [2.05, 4.69) is 14.6 Å². The average Bonchev–Trinajstić information content (AvgIpc) is 2.99. The summed E-state index contributed by atoms with van der Waals surface area (Å²) in [4.78, 5) is 3.19. The molecule has 0 unspecified atom stereocenters. The first-order chi connectivity index (χ1) is 9.24. The largest absolute Gasteiger partial charge is 0.331 e. The van der Waals surface area contributed by atoms with Gasteiger partial charge in [0.15, 0.2) is 4.77 Å². The van der Waals surface area contributed by atoms with Crippen molar-refractivity contribution in [3.8, 4) is 0 Å². The highest BCUT2D eigenvalue weighted by atomic mass is 35.5. The Hall–Kier alpha value is -1.59. The predicted octanol–water partition coefficient (Wildman–Crippen LogP) is 3.64. The summed E-state index contributed by atoms with van der Waals surface area (Å²) in [5, 5.41) is 4.91. The maximum atomic E-state index is 6.04. The number of hydrogen-bond donors (Lipinski definition) is 1. The van der Waals surface area contributed by atoms with E-state index in [1.165, 1.54) is 0 Å². The predicted molar refractivity (Wildman–Crippen MR) is 79.0 cm³/mol. The van der Waals surface area contributed by atoms with Gasteiger partial charge in [0.1, 0.15) is 0 Å². The van der Waals surface area contributed by atoms with Crippen LogP contribution in [0.1, 0.15) is 6.42 Å². The molecule has 3 aromatic rings. The Morgan fingerprint density at radius 3 is 3.00 bits per heavy atom. The topological polar surface area (TPSA) is 38.5 Å². The Kier molecular flexibility index (Phi) is 3.40. The zero-order valence-electron chi connectivity index (χ0n) is 10.2. The number of aromatic amines is 1. The first kappa shape index (κ1) is 12.4. The molecule has 2 aromatic heterocycles. The van der Waals surface area contributed by atoms with E-state index in [4.69, 9.17) is 23.8 Å². The van der Waals surface area contributed by atoms with Crippen LogP contribution in [0.25, 0.3) is 11.0 Å². The second-order valence-electron chi connectivity index (χ2n) is 4.37. The molecule has 4 nitrogen and oxygen atoms in total. The summed E-state index contributed by atoms with van der Waals surface area (Å²) in [6.07, 6.45) is 4.72. The van der Waals surface area contributed by atoms with Crippen LogP contribution >= 0.6 is 23.8 Å². The molecule has 2 heterocycles. The summed E-state index contributed by atoms with van der Waals surface area (Å²) >= 11 is 11.4. The molecule has 0 spiro atoms. The Labute approximate surface area is 120 Å². The number of halogens is 1. The molecule has 0 amide bonds. The fourth-order valence-corrected chi connectivity index (χ4v) is 2.64. The molecule has 0 bridgehead atoms. The second-order valence-corrected chi connectivity index (χ2v) is 5.19. The summed E-state index contributed by atoms with van der Waals surface area (Å²) in [7, 11) is 0. The van der Waals surface area contributed by atoms with Gasteiger partial charge in [0.25, 0.3) is 0 Å². The molecule has 0 saturated heterocycles. The van der Waals surface area contributed by atoms with Gasteiger partial charge in [-0.25, -0.2) is 0 Å². The summed E-state index contributed by atoms with van der Waals surface area (Å²) in [5.41, 5.74) is 2.08. The molecule has 1 N–H and O–H groups in total. The zero-order valence-corrected chi connectivity index (χ0v) is 11.8. The molecule has 0 atom stereocenters. The lowest BCUT2D eigenvalue weighted by Crippen LogP contribution is -2.04. The molecule has 0 radical (unpaired) electrons. The average molecular weight is 293 g/mol. The Morgan fingerprint density at radius 1 is 1.32 bits per heavy atom. The van der Waals surface area contributed by atoms with E-state index in [9.17, 15) is 0 Å².